The van der Waals surface area contributed by atoms with Gasteiger partial charge in [-0.15, -0.1) is 0 Å². The molecule has 1 aliphatic heterocycles. The molecule has 0 unspecified atom stereocenters. The Labute approximate surface area is 156 Å². The lowest BCUT2D eigenvalue weighted by Crippen LogP contribution is -2.27. The van der Waals surface area contributed by atoms with Crippen molar-refractivity contribution in [2.75, 3.05) is 32.2 Å². The first-order chi connectivity index (χ1) is 12.9. The molecule has 27 heavy (non-hydrogen) atoms. The predicted octanol–water partition coefficient (Wildman–Crippen LogP) is 4.56. The van der Waals surface area contributed by atoms with Crippen molar-refractivity contribution >= 4 is 5.95 Å². The van der Waals surface area contributed by atoms with Crippen molar-refractivity contribution in [1.82, 2.24) is 9.97 Å². The van der Waals surface area contributed by atoms with Gasteiger partial charge >= 0.3 is 6.18 Å². The average molecular weight is 381 g/mol. The van der Waals surface area contributed by atoms with Gasteiger partial charge in [-0.3, -0.25) is 0 Å². The summed E-state index contributed by atoms with van der Waals surface area (Å²) in [6, 6.07) is 5.90. The lowest BCUT2D eigenvalue weighted by molar-refractivity contribution is -0.141. The molecule has 0 saturated carbocycles. The monoisotopic (exact) mass is 381 g/mol. The molecule has 1 aromatic carbocycles. The molecule has 3 rings (SSSR count). The third kappa shape index (κ3) is 4.43. The summed E-state index contributed by atoms with van der Waals surface area (Å²) in [6.45, 7) is 1.32. The van der Waals surface area contributed by atoms with Gasteiger partial charge in [0.15, 0.2) is 17.2 Å². The molecule has 0 spiro atoms. The number of hydrogen-bond acceptors (Lipinski definition) is 5. The van der Waals surface area contributed by atoms with E-state index in [9.17, 15) is 13.2 Å². The van der Waals surface area contributed by atoms with Crippen molar-refractivity contribution < 1.29 is 22.6 Å². The van der Waals surface area contributed by atoms with Crippen LogP contribution in [-0.4, -0.2) is 37.3 Å². The van der Waals surface area contributed by atoms with Gasteiger partial charge in [0.05, 0.1) is 19.9 Å². The molecule has 1 aromatic heterocycles. The molecule has 0 bridgehead atoms. The fraction of sp³-hybridized carbons (Fsp3) is 0.474. The van der Waals surface area contributed by atoms with Crippen LogP contribution in [0.2, 0.25) is 0 Å². The summed E-state index contributed by atoms with van der Waals surface area (Å²) in [5.74, 6) is 1.05. The maximum Gasteiger partial charge on any atom is 0.433 e. The molecule has 0 amide bonds. The molecule has 0 atom stereocenters. The molecular formula is C19H22F3N3O2. The second-order valence-corrected chi connectivity index (χ2v) is 6.41. The zero-order valence-electron chi connectivity index (χ0n) is 15.3. The second kappa shape index (κ2) is 8.02. The Hall–Kier alpha value is -2.51. The summed E-state index contributed by atoms with van der Waals surface area (Å²) in [5, 5.41) is 0. The number of benzene rings is 1. The summed E-state index contributed by atoms with van der Waals surface area (Å²) in [7, 11) is 2.98. The first-order valence-corrected chi connectivity index (χ1v) is 8.86. The zero-order chi connectivity index (χ0) is 19.4. The molecule has 0 aliphatic carbocycles. The van der Waals surface area contributed by atoms with Crippen LogP contribution in [0, 0.1) is 0 Å². The zero-order valence-corrected chi connectivity index (χ0v) is 15.3. The maximum absolute atomic E-state index is 13.4. The van der Waals surface area contributed by atoms with Gasteiger partial charge in [-0.1, -0.05) is 12.8 Å². The van der Waals surface area contributed by atoms with Gasteiger partial charge in [-0.2, -0.15) is 13.2 Å². The van der Waals surface area contributed by atoms with Crippen molar-refractivity contribution in [2.24, 2.45) is 0 Å². The normalized spacial score (nSPS) is 15.4. The highest BCUT2D eigenvalue weighted by atomic mass is 19.4. The Morgan fingerprint density at radius 3 is 2.15 bits per heavy atom. The predicted molar refractivity (Wildman–Crippen MR) is 96.3 cm³/mol. The highest BCUT2D eigenvalue weighted by Gasteiger charge is 2.34. The number of nitrogens with zero attached hydrogens (tertiary/aromatic N) is 3. The lowest BCUT2D eigenvalue weighted by Gasteiger charge is -2.22. The van der Waals surface area contributed by atoms with E-state index in [0.717, 1.165) is 31.7 Å². The third-order valence-corrected chi connectivity index (χ3v) is 4.57. The van der Waals surface area contributed by atoms with Gasteiger partial charge in [0, 0.05) is 18.7 Å². The number of alkyl halides is 3. The molecule has 0 radical (unpaired) electrons. The van der Waals surface area contributed by atoms with Crippen molar-refractivity contribution in [3.05, 3.63) is 30.0 Å². The number of anilines is 1. The standard InChI is InChI=1S/C19H22F3N3O2/c1-26-15-8-7-13(11-16(15)27-2)14-12-17(19(20,21)22)24-18(23-14)25-9-5-3-4-6-10-25/h7-8,11-12H,3-6,9-10H2,1-2H3. The Morgan fingerprint density at radius 1 is 0.889 bits per heavy atom. The Bertz CT molecular complexity index is 788. The van der Waals surface area contributed by atoms with E-state index in [1.54, 1.807) is 18.2 Å². The molecule has 1 aliphatic rings. The number of methoxy groups -OCH3 is 2. The quantitative estimate of drug-likeness (QED) is 0.777. The van der Waals surface area contributed by atoms with Crippen LogP contribution >= 0.6 is 0 Å². The largest absolute Gasteiger partial charge is 0.493 e. The van der Waals surface area contributed by atoms with E-state index in [1.165, 1.54) is 14.2 Å². The minimum absolute atomic E-state index is 0.122. The van der Waals surface area contributed by atoms with E-state index < -0.39 is 11.9 Å². The van der Waals surface area contributed by atoms with Gasteiger partial charge in [-0.25, -0.2) is 9.97 Å². The third-order valence-electron chi connectivity index (χ3n) is 4.57. The van der Waals surface area contributed by atoms with Crippen molar-refractivity contribution in [3.63, 3.8) is 0 Å². The summed E-state index contributed by atoms with van der Waals surface area (Å²) in [4.78, 5) is 10.1. The van der Waals surface area contributed by atoms with Crippen LogP contribution in [0.5, 0.6) is 11.5 Å². The first kappa shape index (κ1) is 19.3. The first-order valence-electron chi connectivity index (χ1n) is 8.86. The number of halogens is 3. The molecule has 8 heteroatoms. The van der Waals surface area contributed by atoms with E-state index in [4.69, 9.17) is 9.47 Å². The fourth-order valence-corrected chi connectivity index (χ4v) is 3.14. The minimum Gasteiger partial charge on any atom is -0.493 e. The van der Waals surface area contributed by atoms with Gasteiger partial charge in [0.2, 0.25) is 5.95 Å². The van der Waals surface area contributed by atoms with Crippen LogP contribution in [0.3, 0.4) is 0 Å². The smallest absolute Gasteiger partial charge is 0.433 e. The Morgan fingerprint density at radius 2 is 1.56 bits per heavy atom. The van der Waals surface area contributed by atoms with E-state index >= 15 is 0 Å². The summed E-state index contributed by atoms with van der Waals surface area (Å²) >= 11 is 0. The molecular weight excluding hydrogens is 359 g/mol. The van der Waals surface area contributed by atoms with Crippen LogP contribution in [0.1, 0.15) is 31.4 Å². The van der Waals surface area contributed by atoms with Gasteiger partial charge in [0.25, 0.3) is 0 Å². The molecule has 0 N–H and O–H groups in total. The Balaban J connectivity index is 2.07. The van der Waals surface area contributed by atoms with E-state index in [-0.39, 0.29) is 11.6 Å². The molecule has 1 saturated heterocycles. The minimum atomic E-state index is -4.55. The van der Waals surface area contributed by atoms with Crippen LogP contribution in [0.25, 0.3) is 11.3 Å². The number of aromatic nitrogens is 2. The summed E-state index contributed by atoms with van der Waals surface area (Å²) in [6.07, 6.45) is -0.568. The fourth-order valence-electron chi connectivity index (χ4n) is 3.14. The molecule has 1 fully saturated rings. The van der Waals surface area contributed by atoms with Crippen LogP contribution in [-0.2, 0) is 6.18 Å². The number of ether oxygens (including phenoxy) is 2. The van der Waals surface area contributed by atoms with Gasteiger partial charge < -0.3 is 14.4 Å². The van der Waals surface area contributed by atoms with E-state index in [2.05, 4.69) is 9.97 Å². The maximum atomic E-state index is 13.4. The van der Waals surface area contributed by atoms with Gasteiger partial charge in [0.1, 0.15) is 0 Å². The van der Waals surface area contributed by atoms with Crippen LogP contribution in [0.4, 0.5) is 19.1 Å². The summed E-state index contributed by atoms with van der Waals surface area (Å²) in [5.41, 5.74) is -0.226. The molecule has 146 valence electrons. The van der Waals surface area contributed by atoms with E-state index in [1.807, 2.05) is 4.90 Å². The molecule has 2 heterocycles. The van der Waals surface area contributed by atoms with Crippen molar-refractivity contribution in [3.8, 4) is 22.8 Å². The van der Waals surface area contributed by atoms with Gasteiger partial charge in [-0.05, 0) is 37.1 Å². The summed E-state index contributed by atoms with van der Waals surface area (Å²) < 4.78 is 50.7. The highest BCUT2D eigenvalue weighted by molar-refractivity contribution is 5.65. The Kier molecular flexibility index (Phi) is 5.72. The molecule has 5 nitrogen and oxygen atoms in total. The highest BCUT2D eigenvalue weighted by Crippen LogP contribution is 2.35. The molecule has 2 aromatic rings. The van der Waals surface area contributed by atoms with Crippen LogP contribution < -0.4 is 14.4 Å². The average Bonchev–Trinajstić information content (AvgIpc) is 2.96. The second-order valence-electron chi connectivity index (χ2n) is 6.41. The van der Waals surface area contributed by atoms with Crippen molar-refractivity contribution in [1.29, 1.82) is 0 Å². The van der Waals surface area contributed by atoms with Crippen LogP contribution in [0.15, 0.2) is 24.3 Å². The number of rotatable bonds is 4. The van der Waals surface area contributed by atoms with E-state index in [0.29, 0.717) is 30.2 Å². The van der Waals surface area contributed by atoms with Crippen molar-refractivity contribution in [2.45, 2.75) is 31.9 Å². The SMILES string of the molecule is COc1ccc(-c2cc(C(F)(F)F)nc(N3CCCCCC3)n2)cc1OC. The lowest BCUT2D eigenvalue weighted by atomic mass is 10.1. The topological polar surface area (TPSA) is 47.5 Å². The number of hydrogen-bond donors (Lipinski definition) is 0.